The number of ketones is 1. The van der Waals surface area contributed by atoms with Crippen molar-refractivity contribution in [2.24, 2.45) is 5.92 Å². The van der Waals surface area contributed by atoms with E-state index >= 15 is 0 Å². The minimum atomic E-state index is -0.0423. The lowest BCUT2D eigenvalue weighted by atomic mass is 9.86. The van der Waals surface area contributed by atoms with Crippen molar-refractivity contribution in [1.29, 1.82) is 0 Å². The summed E-state index contributed by atoms with van der Waals surface area (Å²) in [7, 11) is 0. The van der Waals surface area contributed by atoms with Gasteiger partial charge in [-0.25, -0.2) is 0 Å². The molecule has 0 radical (unpaired) electrons. The second-order valence-corrected chi connectivity index (χ2v) is 5.07. The highest BCUT2D eigenvalue weighted by molar-refractivity contribution is 5.87. The first kappa shape index (κ1) is 12.3. The molecule has 1 aliphatic carbocycles. The Labute approximate surface area is 103 Å². The van der Waals surface area contributed by atoms with Crippen LogP contribution < -0.4 is 0 Å². The zero-order valence-electron chi connectivity index (χ0n) is 10.6. The van der Waals surface area contributed by atoms with Gasteiger partial charge in [-0.1, -0.05) is 31.7 Å². The van der Waals surface area contributed by atoms with Crippen LogP contribution >= 0.6 is 0 Å². The molecule has 0 saturated heterocycles. The second kappa shape index (κ2) is 5.95. The number of hydrogen-bond donors (Lipinski definition) is 0. The Morgan fingerprint density at radius 2 is 1.94 bits per heavy atom. The molecule has 1 aromatic heterocycles. The SMILES string of the molecule is CC(C(=O)C1CCCCCC1)c1ccccn1. The van der Waals surface area contributed by atoms with E-state index in [1.54, 1.807) is 6.20 Å². The van der Waals surface area contributed by atoms with E-state index < -0.39 is 0 Å². The molecule has 2 rings (SSSR count). The van der Waals surface area contributed by atoms with Gasteiger partial charge in [0.1, 0.15) is 5.78 Å². The fourth-order valence-corrected chi connectivity index (χ4v) is 2.70. The van der Waals surface area contributed by atoms with Gasteiger partial charge in [-0.15, -0.1) is 0 Å². The van der Waals surface area contributed by atoms with Crippen molar-refractivity contribution in [2.45, 2.75) is 51.4 Å². The number of carbonyl (C=O) groups is 1. The average molecular weight is 231 g/mol. The molecule has 1 saturated carbocycles. The number of hydrogen-bond acceptors (Lipinski definition) is 2. The monoisotopic (exact) mass is 231 g/mol. The normalized spacial score (nSPS) is 19.6. The van der Waals surface area contributed by atoms with Crippen molar-refractivity contribution in [3.63, 3.8) is 0 Å². The third kappa shape index (κ3) is 3.15. The van der Waals surface area contributed by atoms with Gasteiger partial charge in [0.2, 0.25) is 0 Å². The summed E-state index contributed by atoms with van der Waals surface area (Å²) in [5.41, 5.74) is 0.918. The number of nitrogens with zero attached hydrogens (tertiary/aromatic N) is 1. The maximum absolute atomic E-state index is 12.4. The van der Waals surface area contributed by atoms with Crippen molar-refractivity contribution in [3.05, 3.63) is 30.1 Å². The molecule has 1 unspecified atom stereocenters. The molecule has 0 N–H and O–H groups in total. The summed E-state index contributed by atoms with van der Waals surface area (Å²) in [6.45, 7) is 2.00. The van der Waals surface area contributed by atoms with Gasteiger partial charge in [0.25, 0.3) is 0 Å². The van der Waals surface area contributed by atoms with Gasteiger partial charge in [-0.05, 0) is 31.9 Å². The molecule has 1 aliphatic rings. The molecule has 2 heteroatoms. The Hall–Kier alpha value is -1.18. The fraction of sp³-hybridized carbons (Fsp3) is 0.600. The van der Waals surface area contributed by atoms with E-state index in [9.17, 15) is 4.79 Å². The first-order chi connectivity index (χ1) is 8.29. The lowest BCUT2D eigenvalue weighted by Crippen LogP contribution is -2.20. The molecule has 0 spiro atoms. The molecule has 0 amide bonds. The maximum atomic E-state index is 12.4. The van der Waals surface area contributed by atoms with Crippen molar-refractivity contribution in [2.75, 3.05) is 0 Å². The third-order valence-corrected chi connectivity index (χ3v) is 3.82. The molecule has 2 nitrogen and oxygen atoms in total. The largest absolute Gasteiger partial charge is 0.299 e. The van der Waals surface area contributed by atoms with Crippen LogP contribution in [0.25, 0.3) is 0 Å². The van der Waals surface area contributed by atoms with Gasteiger partial charge in [0, 0.05) is 12.1 Å². The predicted molar refractivity (Wildman–Crippen MR) is 68.9 cm³/mol. The minimum Gasteiger partial charge on any atom is -0.299 e. The van der Waals surface area contributed by atoms with E-state index in [0.717, 1.165) is 18.5 Å². The highest BCUT2D eigenvalue weighted by Gasteiger charge is 2.25. The van der Waals surface area contributed by atoms with Gasteiger partial charge in [0.05, 0.1) is 11.6 Å². The molecule has 0 bridgehead atoms. The van der Waals surface area contributed by atoms with Crippen molar-refractivity contribution < 1.29 is 4.79 Å². The maximum Gasteiger partial charge on any atom is 0.144 e. The number of carbonyl (C=O) groups excluding carboxylic acids is 1. The summed E-state index contributed by atoms with van der Waals surface area (Å²) in [5, 5.41) is 0. The topological polar surface area (TPSA) is 30.0 Å². The van der Waals surface area contributed by atoms with E-state index in [-0.39, 0.29) is 11.8 Å². The molecular formula is C15H21NO. The van der Waals surface area contributed by atoms with E-state index in [0.29, 0.717) is 5.78 Å². The lowest BCUT2D eigenvalue weighted by Gasteiger charge is -2.17. The smallest absolute Gasteiger partial charge is 0.144 e. The van der Waals surface area contributed by atoms with Crippen LogP contribution in [0.15, 0.2) is 24.4 Å². The Morgan fingerprint density at radius 3 is 2.53 bits per heavy atom. The van der Waals surface area contributed by atoms with E-state index in [1.807, 2.05) is 25.1 Å². The van der Waals surface area contributed by atoms with E-state index in [1.165, 1.54) is 25.7 Å². The summed E-state index contributed by atoms with van der Waals surface area (Å²) in [4.78, 5) is 16.7. The molecule has 1 fully saturated rings. The van der Waals surface area contributed by atoms with Gasteiger partial charge in [0.15, 0.2) is 0 Å². The summed E-state index contributed by atoms with van der Waals surface area (Å²) in [6.07, 6.45) is 8.94. The standard InChI is InChI=1S/C15H21NO/c1-12(14-10-6-7-11-16-14)15(17)13-8-4-2-3-5-9-13/h6-7,10-13H,2-5,8-9H2,1H3. The minimum absolute atomic E-state index is 0.0423. The van der Waals surface area contributed by atoms with Crippen LogP contribution in [-0.2, 0) is 4.79 Å². The van der Waals surface area contributed by atoms with Gasteiger partial charge in [-0.2, -0.15) is 0 Å². The molecular weight excluding hydrogens is 210 g/mol. The van der Waals surface area contributed by atoms with E-state index in [4.69, 9.17) is 0 Å². The predicted octanol–water partition coefficient (Wildman–Crippen LogP) is 3.72. The summed E-state index contributed by atoms with van der Waals surface area (Å²) >= 11 is 0. The molecule has 1 heterocycles. The Kier molecular flexibility index (Phi) is 4.29. The molecule has 92 valence electrons. The fourth-order valence-electron chi connectivity index (χ4n) is 2.70. The highest BCUT2D eigenvalue weighted by atomic mass is 16.1. The molecule has 1 atom stereocenters. The molecule has 1 aromatic rings. The first-order valence-corrected chi connectivity index (χ1v) is 6.73. The summed E-state index contributed by atoms with van der Waals surface area (Å²) < 4.78 is 0. The zero-order chi connectivity index (χ0) is 12.1. The first-order valence-electron chi connectivity index (χ1n) is 6.73. The van der Waals surface area contributed by atoms with Gasteiger partial charge < -0.3 is 0 Å². The molecule has 0 aromatic carbocycles. The summed E-state index contributed by atoms with van der Waals surface area (Å²) in [6, 6.07) is 5.81. The van der Waals surface area contributed by atoms with Crippen LogP contribution in [0.3, 0.4) is 0 Å². The highest BCUT2D eigenvalue weighted by Crippen LogP contribution is 2.28. The summed E-state index contributed by atoms with van der Waals surface area (Å²) in [5.74, 6) is 0.624. The van der Waals surface area contributed by atoms with Crippen LogP contribution in [0.4, 0.5) is 0 Å². The molecule has 0 aliphatic heterocycles. The van der Waals surface area contributed by atoms with Gasteiger partial charge in [-0.3, -0.25) is 9.78 Å². The van der Waals surface area contributed by atoms with Crippen molar-refractivity contribution in [1.82, 2.24) is 4.98 Å². The number of rotatable bonds is 3. The Bertz CT molecular complexity index is 352. The Balaban J connectivity index is 2.03. The quantitative estimate of drug-likeness (QED) is 0.742. The zero-order valence-corrected chi connectivity index (χ0v) is 10.6. The lowest BCUT2D eigenvalue weighted by molar-refractivity contribution is -0.124. The van der Waals surface area contributed by atoms with Crippen molar-refractivity contribution in [3.8, 4) is 0 Å². The third-order valence-electron chi connectivity index (χ3n) is 3.82. The second-order valence-electron chi connectivity index (χ2n) is 5.07. The van der Waals surface area contributed by atoms with Crippen LogP contribution in [0, 0.1) is 5.92 Å². The van der Waals surface area contributed by atoms with Crippen LogP contribution in [0.5, 0.6) is 0 Å². The average Bonchev–Trinajstić information content (AvgIpc) is 2.67. The number of pyridine rings is 1. The van der Waals surface area contributed by atoms with E-state index in [2.05, 4.69) is 4.98 Å². The van der Waals surface area contributed by atoms with Gasteiger partial charge >= 0.3 is 0 Å². The number of Topliss-reactive ketones (excluding diaryl/α,β-unsaturated/α-hetero) is 1. The number of aromatic nitrogens is 1. The van der Waals surface area contributed by atoms with Crippen LogP contribution in [0.1, 0.15) is 57.1 Å². The van der Waals surface area contributed by atoms with Crippen molar-refractivity contribution >= 4 is 5.78 Å². The van der Waals surface area contributed by atoms with Crippen LogP contribution in [-0.4, -0.2) is 10.8 Å². The van der Waals surface area contributed by atoms with Crippen LogP contribution in [0.2, 0.25) is 0 Å². The molecule has 17 heavy (non-hydrogen) atoms. The Morgan fingerprint density at radius 1 is 1.24 bits per heavy atom.